The Morgan fingerprint density at radius 3 is 2.65 bits per heavy atom. The molecule has 3 rings (SSSR count). The summed E-state index contributed by atoms with van der Waals surface area (Å²) in [6.45, 7) is 3.26. The second-order valence-electron chi connectivity index (χ2n) is 6.56. The molecule has 0 spiro atoms. The van der Waals surface area contributed by atoms with E-state index < -0.39 is 6.04 Å². The quantitative estimate of drug-likeness (QED) is 0.868. The molecule has 136 valence electrons. The number of carbonyl (C=O) groups excluding carboxylic acids is 2. The smallest absolute Gasteiger partial charge is 0.247 e. The summed E-state index contributed by atoms with van der Waals surface area (Å²) in [5, 5.41) is 2.98. The Morgan fingerprint density at radius 2 is 1.92 bits per heavy atom. The van der Waals surface area contributed by atoms with Gasteiger partial charge in [-0.2, -0.15) is 0 Å². The van der Waals surface area contributed by atoms with Crippen LogP contribution in [0.25, 0.3) is 0 Å². The van der Waals surface area contributed by atoms with E-state index in [4.69, 9.17) is 4.74 Å². The minimum Gasteiger partial charge on any atom is -0.383 e. The lowest BCUT2D eigenvalue weighted by Gasteiger charge is -2.36. The molecule has 0 aliphatic carbocycles. The fourth-order valence-electron chi connectivity index (χ4n) is 3.26. The van der Waals surface area contributed by atoms with Crippen molar-refractivity contribution in [3.63, 3.8) is 0 Å². The Hall–Kier alpha value is -2.66. The van der Waals surface area contributed by atoms with E-state index in [1.807, 2.05) is 55.5 Å². The van der Waals surface area contributed by atoms with Gasteiger partial charge in [-0.05, 0) is 23.6 Å². The second-order valence-corrected chi connectivity index (χ2v) is 6.56. The molecule has 1 N–H and O–H groups in total. The molecule has 2 aromatic rings. The van der Waals surface area contributed by atoms with Gasteiger partial charge in [0.15, 0.2) is 0 Å². The predicted octanol–water partition coefficient (Wildman–Crippen LogP) is 2.38. The van der Waals surface area contributed by atoms with E-state index in [2.05, 4.69) is 5.32 Å². The summed E-state index contributed by atoms with van der Waals surface area (Å²) < 4.78 is 5.12. The summed E-state index contributed by atoms with van der Waals surface area (Å²) in [6.07, 6.45) is 0.321. The largest absolute Gasteiger partial charge is 0.383 e. The third kappa shape index (κ3) is 3.94. The number of nitrogens with one attached hydrogen (secondary N) is 1. The van der Waals surface area contributed by atoms with Crippen LogP contribution in [0.4, 0.5) is 0 Å². The van der Waals surface area contributed by atoms with Crippen molar-refractivity contribution in [2.75, 3.05) is 20.3 Å². The van der Waals surface area contributed by atoms with Gasteiger partial charge in [0.05, 0.1) is 13.0 Å². The fourth-order valence-corrected chi connectivity index (χ4v) is 3.26. The number of fused-ring (bicyclic) bond motifs is 1. The number of ether oxygens (including phenoxy) is 1. The maximum absolute atomic E-state index is 13.0. The molecular formula is C21H24N2O3. The van der Waals surface area contributed by atoms with E-state index in [9.17, 15) is 9.59 Å². The van der Waals surface area contributed by atoms with Crippen LogP contribution >= 0.6 is 0 Å². The maximum Gasteiger partial charge on any atom is 0.247 e. The summed E-state index contributed by atoms with van der Waals surface area (Å²) in [7, 11) is 1.59. The Morgan fingerprint density at radius 1 is 1.19 bits per heavy atom. The van der Waals surface area contributed by atoms with Crippen LogP contribution < -0.4 is 5.32 Å². The van der Waals surface area contributed by atoms with Gasteiger partial charge in [0.25, 0.3) is 0 Å². The molecule has 0 bridgehead atoms. The SMILES string of the molecule is COCCN1C(=O)Cc2ccccc2[C@H]1C(=O)NCc1ccc(C)cc1. The van der Waals surface area contributed by atoms with Crippen LogP contribution in [0.5, 0.6) is 0 Å². The van der Waals surface area contributed by atoms with E-state index in [1.54, 1.807) is 12.0 Å². The number of methoxy groups -OCH3 is 1. The van der Waals surface area contributed by atoms with Gasteiger partial charge in [0.1, 0.15) is 6.04 Å². The van der Waals surface area contributed by atoms with Crippen molar-refractivity contribution in [1.82, 2.24) is 10.2 Å². The molecule has 0 radical (unpaired) electrons. The van der Waals surface area contributed by atoms with E-state index in [-0.39, 0.29) is 11.8 Å². The molecule has 0 saturated carbocycles. The maximum atomic E-state index is 13.0. The molecule has 1 heterocycles. The monoisotopic (exact) mass is 352 g/mol. The molecule has 5 heteroatoms. The van der Waals surface area contributed by atoms with Gasteiger partial charge in [-0.25, -0.2) is 0 Å². The van der Waals surface area contributed by atoms with Crippen molar-refractivity contribution in [3.05, 3.63) is 70.8 Å². The molecular weight excluding hydrogens is 328 g/mol. The number of carbonyl (C=O) groups is 2. The number of hydrogen-bond donors (Lipinski definition) is 1. The third-order valence-electron chi connectivity index (χ3n) is 4.70. The molecule has 1 aliphatic rings. The van der Waals surface area contributed by atoms with E-state index in [0.29, 0.717) is 26.1 Å². The van der Waals surface area contributed by atoms with Gasteiger partial charge in [0, 0.05) is 20.2 Å². The number of hydrogen-bond acceptors (Lipinski definition) is 3. The first-order chi connectivity index (χ1) is 12.6. The summed E-state index contributed by atoms with van der Waals surface area (Å²) in [5.74, 6) is -0.210. The zero-order valence-corrected chi connectivity index (χ0v) is 15.2. The molecule has 5 nitrogen and oxygen atoms in total. The van der Waals surface area contributed by atoms with Gasteiger partial charge in [-0.3, -0.25) is 9.59 Å². The standard InChI is InChI=1S/C21H24N2O3/c1-15-7-9-16(10-8-15)14-22-21(25)20-18-6-4-3-5-17(18)13-19(24)23(20)11-12-26-2/h3-10,20H,11-14H2,1-2H3,(H,22,25)/t20-/m0/s1. The molecule has 0 unspecified atom stereocenters. The number of benzene rings is 2. The first-order valence-electron chi connectivity index (χ1n) is 8.79. The first kappa shape index (κ1) is 18.1. The topological polar surface area (TPSA) is 58.6 Å². The van der Waals surface area contributed by atoms with Crippen molar-refractivity contribution < 1.29 is 14.3 Å². The molecule has 0 saturated heterocycles. The van der Waals surface area contributed by atoms with Crippen LogP contribution in [-0.2, 0) is 27.3 Å². The molecule has 2 amide bonds. The normalized spacial score (nSPS) is 16.3. The number of nitrogens with zero attached hydrogens (tertiary/aromatic N) is 1. The summed E-state index contributed by atoms with van der Waals surface area (Å²) in [5.41, 5.74) is 4.02. The number of rotatable bonds is 6. The Bertz CT molecular complexity index is 786. The Balaban J connectivity index is 1.81. The average Bonchev–Trinajstić information content (AvgIpc) is 2.65. The van der Waals surface area contributed by atoms with Crippen LogP contribution in [0.2, 0.25) is 0 Å². The van der Waals surface area contributed by atoms with Gasteiger partial charge in [0.2, 0.25) is 11.8 Å². The highest BCUT2D eigenvalue weighted by atomic mass is 16.5. The molecule has 1 atom stereocenters. The molecule has 2 aromatic carbocycles. The lowest BCUT2D eigenvalue weighted by atomic mass is 9.91. The van der Waals surface area contributed by atoms with Crippen LogP contribution in [0, 0.1) is 6.92 Å². The lowest BCUT2D eigenvalue weighted by molar-refractivity contribution is -0.142. The minimum atomic E-state index is -0.618. The van der Waals surface area contributed by atoms with Gasteiger partial charge in [-0.15, -0.1) is 0 Å². The van der Waals surface area contributed by atoms with Gasteiger partial charge in [-0.1, -0.05) is 54.1 Å². The Kier molecular flexibility index (Phi) is 5.68. The predicted molar refractivity (Wildman–Crippen MR) is 99.5 cm³/mol. The molecule has 0 aromatic heterocycles. The van der Waals surface area contributed by atoms with Crippen molar-refractivity contribution in [2.45, 2.75) is 25.9 Å². The second kappa shape index (κ2) is 8.15. The fraction of sp³-hybridized carbons (Fsp3) is 0.333. The van der Waals surface area contributed by atoms with Crippen molar-refractivity contribution in [3.8, 4) is 0 Å². The van der Waals surface area contributed by atoms with Crippen molar-refractivity contribution >= 4 is 11.8 Å². The van der Waals surface area contributed by atoms with Crippen LogP contribution in [-0.4, -0.2) is 37.0 Å². The zero-order chi connectivity index (χ0) is 18.5. The molecule has 26 heavy (non-hydrogen) atoms. The molecule has 0 fully saturated rings. The Labute approximate surface area is 154 Å². The van der Waals surface area contributed by atoms with E-state index >= 15 is 0 Å². The highest BCUT2D eigenvalue weighted by Crippen LogP contribution is 2.30. The lowest BCUT2D eigenvalue weighted by Crippen LogP contribution is -2.48. The van der Waals surface area contributed by atoms with E-state index in [0.717, 1.165) is 16.7 Å². The zero-order valence-electron chi connectivity index (χ0n) is 15.2. The number of amides is 2. The summed E-state index contributed by atoms with van der Waals surface area (Å²) in [4.78, 5) is 27.2. The van der Waals surface area contributed by atoms with Crippen LogP contribution in [0.3, 0.4) is 0 Å². The molecule has 1 aliphatic heterocycles. The van der Waals surface area contributed by atoms with Gasteiger partial charge < -0.3 is 15.0 Å². The third-order valence-corrected chi connectivity index (χ3v) is 4.70. The minimum absolute atomic E-state index is 0.0452. The highest BCUT2D eigenvalue weighted by molar-refractivity contribution is 5.92. The van der Waals surface area contributed by atoms with Crippen molar-refractivity contribution in [2.24, 2.45) is 0 Å². The summed E-state index contributed by atoms with van der Waals surface area (Å²) >= 11 is 0. The summed E-state index contributed by atoms with van der Waals surface area (Å²) in [6, 6.07) is 15.1. The highest BCUT2D eigenvalue weighted by Gasteiger charge is 2.36. The van der Waals surface area contributed by atoms with E-state index in [1.165, 1.54) is 5.56 Å². The van der Waals surface area contributed by atoms with Gasteiger partial charge >= 0.3 is 0 Å². The van der Waals surface area contributed by atoms with Crippen LogP contribution in [0.15, 0.2) is 48.5 Å². The average molecular weight is 352 g/mol. The van der Waals surface area contributed by atoms with Crippen LogP contribution in [0.1, 0.15) is 28.3 Å². The van der Waals surface area contributed by atoms with Crippen molar-refractivity contribution in [1.29, 1.82) is 0 Å². The first-order valence-corrected chi connectivity index (χ1v) is 8.79. The number of aryl methyl sites for hydroxylation is 1.